The molecule has 0 aromatic heterocycles. The van der Waals surface area contributed by atoms with E-state index in [1.807, 2.05) is 84.3 Å². The Balaban J connectivity index is 1.18. The molecule has 12 heteroatoms. The number of piperazine rings is 1. The molecule has 0 spiro atoms. The van der Waals surface area contributed by atoms with Gasteiger partial charge in [0.1, 0.15) is 42.8 Å². The quantitative estimate of drug-likeness (QED) is 0.174. The van der Waals surface area contributed by atoms with Crippen molar-refractivity contribution in [2.75, 3.05) is 46.6 Å². The van der Waals surface area contributed by atoms with Crippen LogP contribution in [0.15, 0.2) is 66.2 Å². The van der Waals surface area contributed by atoms with Crippen LogP contribution >= 0.6 is 11.6 Å². The molecule has 282 valence electrons. The van der Waals surface area contributed by atoms with Crippen molar-refractivity contribution in [3.8, 4) is 23.0 Å². The van der Waals surface area contributed by atoms with E-state index >= 15 is 0 Å². The van der Waals surface area contributed by atoms with Crippen LogP contribution in [0.1, 0.15) is 55.2 Å². The lowest BCUT2D eigenvalue weighted by Gasteiger charge is -2.45. The predicted molar refractivity (Wildman–Crippen MR) is 203 cm³/mol. The number of fused-ring (bicyclic) bond motifs is 2. The third kappa shape index (κ3) is 9.83. The van der Waals surface area contributed by atoms with Crippen LogP contribution in [-0.2, 0) is 14.4 Å². The maximum atomic E-state index is 14.7. The van der Waals surface area contributed by atoms with Crippen molar-refractivity contribution in [1.29, 1.82) is 0 Å². The Morgan fingerprint density at radius 3 is 2.19 bits per heavy atom. The molecule has 11 nitrogen and oxygen atoms in total. The van der Waals surface area contributed by atoms with E-state index in [1.165, 1.54) is 0 Å². The first-order valence-electron chi connectivity index (χ1n) is 18.4. The number of halogens is 1. The first-order valence-corrected chi connectivity index (χ1v) is 18.7. The predicted octanol–water partition coefficient (Wildman–Crippen LogP) is 5.48. The number of aryl methyl sites for hydroxylation is 2. The largest absolute Gasteiger partial charge is 0.497 e. The first kappa shape index (κ1) is 38.0. The van der Waals surface area contributed by atoms with E-state index < -0.39 is 5.91 Å². The molecule has 3 aliphatic rings. The third-order valence-electron chi connectivity index (χ3n) is 10.1. The SMILES string of the molecule is COc1ccc(OCCN(C(=O)C2=C(c3ccc(OCCOc4cc(C)c(C)cc4Cl)cc3)CC3CN(C(=O)CCCC(N)=O)CC2N3)C2CC2)cc1. The molecule has 2 heterocycles. The average Bonchev–Trinajstić information content (AvgIpc) is 3.99. The molecule has 1 saturated heterocycles. The van der Waals surface area contributed by atoms with Crippen molar-refractivity contribution in [2.24, 2.45) is 5.73 Å². The highest BCUT2D eigenvalue weighted by Gasteiger charge is 2.43. The van der Waals surface area contributed by atoms with Gasteiger partial charge in [-0.2, -0.15) is 0 Å². The number of hydrogen-bond acceptors (Lipinski definition) is 8. The van der Waals surface area contributed by atoms with Gasteiger partial charge in [0.05, 0.1) is 24.7 Å². The molecule has 1 aliphatic carbocycles. The third-order valence-corrected chi connectivity index (χ3v) is 10.4. The standard InChI is InChI=1S/C41H49ClN4O7/c1-26-21-35(42)37(22-27(26)2)53-20-19-52-32-11-7-28(8-12-32)34-23-29-24-45(39(48)6-4-5-38(43)47)25-36(44-29)40(34)41(49)46(30-9-10-30)17-18-51-33-15-13-31(50-3)14-16-33/h7-8,11-16,21-22,29-30,36,44H,4-6,9-10,17-20,23-25H2,1-3H3,(H2,43,47). The Kier molecular flexibility index (Phi) is 12.5. The van der Waals surface area contributed by atoms with Crippen molar-refractivity contribution in [2.45, 2.75) is 70.5 Å². The van der Waals surface area contributed by atoms with Crippen molar-refractivity contribution >= 4 is 34.9 Å². The Morgan fingerprint density at radius 1 is 0.868 bits per heavy atom. The second-order valence-electron chi connectivity index (χ2n) is 14.0. The second-order valence-corrected chi connectivity index (χ2v) is 14.4. The molecule has 2 atom stereocenters. The summed E-state index contributed by atoms with van der Waals surface area (Å²) in [6.07, 6.45) is 3.27. The minimum absolute atomic E-state index is 0.0292. The summed E-state index contributed by atoms with van der Waals surface area (Å²) in [6.45, 7) is 6.36. The molecule has 2 fully saturated rings. The highest BCUT2D eigenvalue weighted by molar-refractivity contribution is 6.32. The number of nitrogens with one attached hydrogen (secondary N) is 1. The zero-order valence-corrected chi connectivity index (χ0v) is 31.5. The van der Waals surface area contributed by atoms with Crippen LogP contribution in [0.3, 0.4) is 0 Å². The van der Waals surface area contributed by atoms with Gasteiger partial charge in [-0.1, -0.05) is 23.7 Å². The zero-order chi connectivity index (χ0) is 37.5. The van der Waals surface area contributed by atoms with Gasteiger partial charge in [-0.25, -0.2) is 0 Å². The zero-order valence-electron chi connectivity index (χ0n) is 30.7. The minimum atomic E-state index is -0.418. The number of hydrogen-bond donors (Lipinski definition) is 2. The number of primary amides is 1. The van der Waals surface area contributed by atoms with Gasteiger partial charge >= 0.3 is 0 Å². The Bertz CT molecular complexity index is 1810. The van der Waals surface area contributed by atoms with E-state index in [-0.39, 0.29) is 42.8 Å². The fourth-order valence-electron chi connectivity index (χ4n) is 7.00. The summed E-state index contributed by atoms with van der Waals surface area (Å²) in [5, 5.41) is 4.23. The normalized spacial score (nSPS) is 18.0. The second kappa shape index (κ2) is 17.4. The summed E-state index contributed by atoms with van der Waals surface area (Å²) < 4.78 is 23.2. The Morgan fingerprint density at radius 2 is 1.51 bits per heavy atom. The van der Waals surface area contributed by atoms with Crippen LogP contribution in [0.5, 0.6) is 23.0 Å². The molecule has 3 aromatic carbocycles. The van der Waals surface area contributed by atoms with Gasteiger partial charge in [-0.15, -0.1) is 0 Å². The molecule has 3 N–H and O–H groups in total. The van der Waals surface area contributed by atoms with Gasteiger partial charge in [0.2, 0.25) is 11.8 Å². The van der Waals surface area contributed by atoms with Gasteiger partial charge in [-0.05, 0) is 110 Å². The van der Waals surface area contributed by atoms with Crippen LogP contribution in [0.25, 0.3) is 5.57 Å². The summed E-state index contributed by atoms with van der Waals surface area (Å²) in [6, 6.07) is 18.8. The summed E-state index contributed by atoms with van der Waals surface area (Å²) >= 11 is 6.37. The molecular formula is C41H49ClN4O7. The number of carbonyl (C=O) groups is 3. The van der Waals surface area contributed by atoms with Crippen LogP contribution < -0.4 is 30.0 Å². The molecule has 53 heavy (non-hydrogen) atoms. The monoisotopic (exact) mass is 744 g/mol. The average molecular weight is 745 g/mol. The molecule has 2 unspecified atom stereocenters. The minimum Gasteiger partial charge on any atom is -0.497 e. The van der Waals surface area contributed by atoms with Gasteiger partial charge in [0.25, 0.3) is 5.91 Å². The number of amides is 3. The molecule has 6 rings (SSSR count). The number of nitrogens with two attached hydrogens (primary N) is 1. The Labute approximate surface area is 316 Å². The van der Waals surface area contributed by atoms with Crippen molar-refractivity contribution in [3.05, 3.63) is 87.9 Å². The van der Waals surface area contributed by atoms with Crippen molar-refractivity contribution in [3.63, 3.8) is 0 Å². The van der Waals surface area contributed by atoms with Crippen molar-refractivity contribution in [1.82, 2.24) is 15.1 Å². The van der Waals surface area contributed by atoms with E-state index in [9.17, 15) is 14.4 Å². The summed E-state index contributed by atoms with van der Waals surface area (Å²) in [7, 11) is 1.62. The highest BCUT2D eigenvalue weighted by Crippen LogP contribution is 2.37. The van der Waals surface area contributed by atoms with Gasteiger partial charge in [0.15, 0.2) is 0 Å². The van der Waals surface area contributed by atoms with Gasteiger partial charge < -0.3 is 39.8 Å². The maximum Gasteiger partial charge on any atom is 0.252 e. The molecule has 2 bridgehead atoms. The topological polar surface area (TPSA) is 133 Å². The smallest absolute Gasteiger partial charge is 0.252 e. The van der Waals surface area contributed by atoms with Crippen LogP contribution in [0, 0.1) is 13.8 Å². The molecule has 0 radical (unpaired) electrons. The summed E-state index contributed by atoms with van der Waals surface area (Å²) in [5.74, 6) is 2.28. The number of nitrogens with zero attached hydrogens (tertiary/aromatic N) is 2. The van der Waals surface area contributed by atoms with Crippen LogP contribution in [-0.4, -0.2) is 92.2 Å². The molecule has 2 aliphatic heterocycles. The fraction of sp³-hybridized carbons (Fsp3) is 0.439. The van der Waals surface area contributed by atoms with Crippen LogP contribution in [0.4, 0.5) is 0 Å². The van der Waals surface area contributed by atoms with E-state index in [1.54, 1.807) is 7.11 Å². The lowest BCUT2D eigenvalue weighted by molar-refractivity contribution is -0.134. The molecule has 1 saturated carbocycles. The molecular weight excluding hydrogens is 696 g/mol. The number of benzene rings is 3. The molecule has 3 aromatic rings. The number of rotatable bonds is 17. The van der Waals surface area contributed by atoms with Gasteiger partial charge in [0, 0.05) is 43.6 Å². The van der Waals surface area contributed by atoms with E-state index in [0.717, 1.165) is 40.9 Å². The Hall–Kier alpha value is -4.74. The number of carbonyl (C=O) groups excluding carboxylic acids is 3. The van der Waals surface area contributed by atoms with E-state index in [4.69, 9.17) is 36.3 Å². The number of methoxy groups -OCH3 is 1. The van der Waals surface area contributed by atoms with Crippen molar-refractivity contribution < 1.29 is 33.3 Å². The van der Waals surface area contributed by atoms with E-state index in [0.29, 0.717) is 80.1 Å². The lowest BCUT2D eigenvalue weighted by atomic mass is 9.82. The molecule has 3 amide bonds. The first-order chi connectivity index (χ1) is 25.6. The lowest BCUT2D eigenvalue weighted by Crippen LogP contribution is -2.62. The fourth-order valence-corrected chi connectivity index (χ4v) is 7.27. The van der Waals surface area contributed by atoms with Gasteiger partial charge in [-0.3, -0.25) is 14.4 Å². The maximum absolute atomic E-state index is 14.7. The van der Waals surface area contributed by atoms with Crippen LogP contribution in [0.2, 0.25) is 5.02 Å². The summed E-state index contributed by atoms with van der Waals surface area (Å²) in [5.41, 5.74) is 10.1. The summed E-state index contributed by atoms with van der Waals surface area (Å²) in [4.78, 5) is 43.0. The van der Waals surface area contributed by atoms with E-state index in [2.05, 4.69) is 5.32 Å². The highest BCUT2D eigenvalue weighted by atomic mass is 35.5. The number of ether oxygens (including phenoxy) is 4.